The molecule has 1 unspecified atom stereocenters. The van der Waals surface area contributed by atoms with Crippen LogP contribution in [0.1, 0.15) is 11.6 Å². The smallest absolute Gasteiger partial charge is 0.309 e. The lowest BCUT2D eigenvalue weighted by Crippen LogP contribution is -2.74. The van der Waals surface area contributed by atoms with E-state index in [1.807, 2.05) is 0 Å². The van der Waals surface area contributed by atoms with E-state index in [0.29, 0.717) is 0 Å². The quantitative estimate of drug-likeness (QED) is 0.173. The molecule has 0 radical (unpaired) electrons. The number of nitrogens with zero attached hydrogens (tertiary/aromatic N) is 2. The Morgan fingerprint density at radius 2 is 0.774 bits per heavy atom. The van der Waals surface area contributed by atoms with Crippen LogP contribution in [0, 0.1) is 0 Å². The summed E-state index contributed by atoms with van der Waals surface area (Å²) in [6, 6.07) is 79.1. The molecule has 4 heteroatoms. The van der Waals surface area contributed by atoms with Crippen LogP contribution in [-0.2, 0) is 0 Å². The summed E-state index contributed by atoms with van der Waals surface area (Å²) in [4.78, 5) is 3.57. The minimum absolute atomic E-state index is 0.0130. The molecule has 2 aromatic heterocycles. The molecular weight excluding hydrogens is 753 g/mol. The third-order valence-corrected chi connectivity index (χ3v) is 12.5. The Morgan fingerprint density at radius 3 is 1.39 bits per heavy atom. The monoisotopic (exact) mass is 793 g/mol. The van der Waals surface area contributed by atoms with E-state index in [1.165, 1.54) is 82.6 Å². The number of hydrogen-bond acceptors (Lipinski definition) is 1. The Balaban J connectivity index is 0.877. The first-order chi connectivity index (χ1) is 30.7. The molecule has 0 bridgehead atoms. The van der Waals surface area contributed by atoms with Crippen molar-refractivity contribution < 1.29 is 4.99 Å². The summed E-state index contributed by atoms with van der Waals surface area (Å²) in [7, 11) is 0. The molecule has 0 fully saturated rings. The summed E-state index contributed by atoms with van der Waals surface area (Å²) in [6.07, 6.45) is 4.26. The van der Waals surface area contributed by atoms with E-state index in [9.17, 15) is 0 Å². The van der Waals surface area contributed by atoms with Gasteiger partial charge in [0.2, 0.25) is 0 Å². The SMILES string of the molecule is C1=CC(c2cccc(-c3ccc(-c4ccccc4)cc3)c2)NC(n2c3ccccc3c3cc(-c4ccc5c(c4)c4ccccc4n5-c4ccc(-c5ccccc5)cc4)ccc32)=[NH+]1. The van der Waals surface area contributed by atoms with E-state index < -0.39 is 0 Å². The molecule has 11 aromatic rings. The van der Waals surface area contributed by atoms with Crippen LogP contribution in [0.15, 0.2) is 231 Å². The van der Waals surface area contributed by atoms with Crippen molar-refractivity contribution in [2.45, 2.75) is 6.04 Å². The maximum atomic E-state index is 3.86. The van der Waals surface area contributed by atoms with Crippen LogP contribution >= 0.6 is 0 Å². The molecule has 62 heavy (non-hydrogen) atoms. The molecular formula is C58H41N4+. The molecule has 2 N–H and O–H groups in total. The summed E-state index contributed by atoms with van der Waals surface area (Å²) in [5.41, 5.74) is 16.7. The van der Waals surface area contributed by atoms with Gasteiger partial charge in [0.05, 0.1) is 17.2 Å². The van der Waals surface area contributed by atoms with Gasteiger partial charge in [0.1, 0.15) is 17.1 Å². The molecule has 0 amide bonds. The number of nitrogens with one attached hydrogen (secondary N) is 2. The van der Waals surface area contributed by atoms with Crippen molar-refractivity contribution in [1.82, 2.24) is 14.5 Å². The predicted molar refractivity (Wildman–Crippen MR) is 258 cm³/mol. The Morgan fingerprint density at radius 1 is 0.339 bits per heavy atom. The lowest BCUT2D eigenvalue weighted by molar-refractivity contribution is -0.381. The molecule has 9 aromatic carbocycles. The largest absolute Gasteiger partial charge is 0.361 e. The molecule has 0 spiro atoms. The van der Waals surface area contributed by atoms with Gasteiger partial charge in [0.15, 0.2) is 0 Å². The van der Waals surface area contributed by atoms with Gasteiger partial charge in [-0.25, -0.2) is 0 Å². The standard InChI is InChI=1S/C58H40N4/c1-3-12-39(13-4-1)41-22-24-43(25-23-41)44-16-11-17-47(36-44)53-34-35-59-58(60-53)62-55-21-10-8-19-50(55)52-38-46(29-33-57(52)62)45-28-32-56-51(37-45)49-18-7-9-20-54(49)61(56)48-30-26-42(27-31-48)40-14-5-2-6-15-40/h1-38,53H,(H,59,60)/p+1. The van der Waals surface area contributed by atoms with Crippen molar-refractivity contribution in [3.63, 3.8) is 0 Å². The molecule has 0 saturated heterocycles. The highest BCUT2D eigenvalue weighted by atomic mass is 15.2. The number of rotatable bonds is 6. The first-order valence-electron chi connectivity index (χ1n) is 21.3. The van der Waals surface area contributed by atoms with Gasteiger partial charge in [-0.15, -0.1) is 0 Å². The molecule has 1 aliphatic rings. The van der Waals surface area contributed by atoms with Crippen molar-refractivity contribution in [3.8, 4) is 50.2 Å². The highest BCUT2D eigenvalue weighted by Gasteiger charge is 2.26. The van der Waals surface area contributed by atoms with Crippen LogP contribution in [0.25, 0.3) is 93.8 Å². The number of benzene rings is 9. The molecule has 292 valence electrons. The maximum absolute atomic E-state index is 3.86. The summed E-state index contributed by atoms with van der Waals surface area (Å²) < 4.78 is 4.72. The molecule has 1 atom stereocenters. The van der Waals surface area contributed by atoms with Crippen LogP contribution < -0.4 is 10.3 Å². The number of hydrogen-bond donors (Lipinski definition) is 2. The van der Waals surface area contributed by atoms with Crippen LogP contribution in [0.4, 0.5) is 0 Å². The van der Waals surface area contributed by atoms with E-state index in [2.05, 4.69) is 250 Å². The summed E-state index contributed by atoms with van der Waals surface area (Å²) >= 11 is 0. The van der Waals surface area contributed by atoms with E-state index in [1.54, 1.807) is 0 Å². The zero-order valence-corrected chi connectivity index (χ0v) is 33.9. The van der Waals surface area contributed by atoms with Crippen LogP contribution in [0.3, 0.4) is 0 Å². The fourth-order valence-electron chi connectivity index (χ4n) is 9.44. The average molecular weight is 794 g/mol. The second-order valence-corrected chi connectivity index (χ2v) is 16.1. The van der Waals surface area contributed by atoms with Gasteiger partial charge < -0.3 is 4.57 Å². The van der Waals surface area contributed by atoms with Crippen molar-refractivity contribution in [2.75, 3.05) is 0 Å². The van der Waals surface area contributed by atoms with E-state index >= 15 is 0 Å². The second-order valence-electron chi connectivity index (χ2n) is 16.1. The van der Waals surface area contributed by atoms with Crippen molar-refractivity contribution >= 4 is 49.6 Å². The van der Waals surface area contributed by atoms with E-state index in [4.69, 9.17) is 0 Å². The van der Waals surface area contributed by atoms with Crippen LogP contribution in [0.5, 0.6) is 0 Å². The normalized spacial score (nSPS) is 13.8. The fraction of sp³-hybridized carbons (Fsp3) is 0.0172. The molecule has 0 saturated carbocycles. The topological polar surface area (TPSA) is 35.9 Å². The minimum Gasteiger partial charge on any atom is -0.309 e. The second kappa shape index (κ2) is 14.8. The van der Waals surface area contributed by atoms with Crippen molar-refractivity contribution in [2.24, 2.45) is 0 Å². The van der Waals surface area contributed by atoms with Gasteiger partial charge >= 0.3 is 5.96 Å². The summed E-state index contributed by atoms with van der Waals surface area (Å²) in [6.45, 7) is 0. The zero-order valence-electron chi connectivity index (χ0n) is 33.9. The van der Waals surface area contributed by atoms with Crippen LogP contribution in [0.2, 0.25) is 0 Å². The van der Waals surface area contributed by atoms with Crippen LogP contribution in [-0.4, -0.2) is 15.1 Å². The van der Waals surface area contributed by atoms with Gasteiger partial charge in [-0.1, -0.05) is 164 Å². The van der Waals surface area contributed by atoms with Gasteiger partial charge in [0.25, 0.3) is 0 Å². The number of aromatic nitrogens is 2. The lowest BCUT2D eigenvalue weighted by atomic mass is 9.97. The lowest BCUT2D eigenvalue weighted by Gasteiger charge is -2.18. The van der Waals surface area contributed by atoms with Gasteiger partial charge in [-0.3, -0.25) is 10.3 Å². The predicted octanol–water partition coefficient (Wildman–Crippen LogP) is 12.7. The fourth-order valence-corrected chi connectivity index (χ4v) is 9.44. The highest BCUT2D eigenvalue weighted by Crippen LogP contribution is 2.38. The molecule has 12 rings (SSSR count). The summed E-state index contributed by atoms with van der Waals surface area (Å²) in [5.74, 6) is 0.931. The van der Waals surface area contributed by atoms with E-state index in [0.717, 1.165) is 22.7 Å². The highest BCUT2D eigenvalue weighted by molar-refractivity contribution is 6.15. The first-order valence-corrected chi connectivity index (χ1v) is 21.3. The molecule has 0 aliphatic carbocycles. The zero-order chi connectivity index (χ0) is 41.0. The molecule has 1 aliphatic heterocycles. The average Bonchev–Trinajstić information content (AvgIpc) is 3.87. The molecule has 3 heterocycles. The Hall–Kier alpha value is -8.21. The maximum Gasteiger partial charge on any atom is 0.361 e. The minimum atomic E-state index is -0.0130. The van der Waals surface area contributed by atoms with E-state index in [-0.39, 0.29) is 6.04 Å². The molecule has 4 nitrogen and oxygen atoms in total. The number of fused-ring (bicyclic) bond motifs is 6. The van der Waals surface area contributed by atoms with Gasteiger partial charge in [-0.2, -0.15) is 4.57 Å². The summed E-state index contributed by atoms with van der Waals surface area (Å²) in [5, 5.41) is 8.76. The Kier molecular flexibility index (Phi) is 8.53. The van der Waals surface area contributed by atoms with Gasteiger partial charge in [-0.05, 0) is 111 Å². The van der Waals surface area contributed by atoms with Crippen molar-refractivity contribution in [1.29, 1.82) is 0 Å². The first kappa shape index (κ1) is 35.7. The Labute approximate surface area is 360 Å². The number of para-hydroxylation sites is 2. The third-order valence-electron chi connectivity index (χ3n) is 12.5. The Bertz CT molecular complexity index is 3520. The van der Waals surface area contributed by atoms with Crippen molar-refractivity contribution in [3.05, 3.63) is 236 Å². The third kappa shape index (κ3) is 6.12. The van der Waals surface area contributed by atoms with Gasteiger partial charge in [0, 0.05) is 27.2 Å².